The summed E-state index contributed by atoms with van der Waals surface area (Å²) in [5.41, 5.74) is 17.9. The Bertz CT molecular complexity index is 3070. The molecule has 17 rings (SSSR count). The largest absolute Gasteiger partial charge is 0.308 e. The van der Waals surface area contributed by atoms with Crippen LogP contribution in [-0.2, 0) is 10.8 Å². The molecule has 4 atom stereocenters. The number of hydrogen-bond acceptors (Lipinski definition) is 1. The van der Waals surface area contributed by atoms with Crippen LogP contribution in [0.25, 0.3) is 76.2 Å². The van der Waals surface area contributed by atoms with Gasteiger partial charge >= 0.3 is 0 Å². The molecular weight excluding hydrogens is 703 g/mol. The minimum absolute atomic E-state index is 0.0407. The Morgan fingerprint density at radius 3 is 1.47 bits per heavy atom. The number of aromatic nitrogens is 3. The average molecular weight is 758 g/mol. The highest BCUT2D eigenvalue weighted by Crippen LogP contribution is 2.60. The lowest BCUT2D eigenvalue weighted by molar-refractivity contribution is 0.165. The van der Waals surface area contributed by atoms with Gasteiger partial charge in [0.25, 0.3) is 0 Å². The average Bonchev–Trinajstić information content (AvgIpc) is 3.83. The summed E-state index contributed by atoms with van der Waals surface area (Å²) in [6.07, 6.45) is 16.3. The Morgan fingerprint density at radius 1 is 0.448 bits per heavy atom. The van der Waals surface area contributed by atoms with Crippen molar-refractivity contribution < 1.29 is 0 Å². The van der Waals surface area contributed by atoms with Crippen LogP contribution < -0.4 is 0 Å². The highest BCUT2D eigenvalue weighted by molar-refractivity contribution is 6.29. The quantitative estimate of drug-likeness (QED) is 0.151. The van der Waals surface area contributed by atoms with Gasteiger partial charge in [0.1, 0.15) is 0 Å². The van der Waals surface area contributed by atoms with E-state index in [4.69, 9.17) is 4.98 Å². The molecule has 0 amide bonds. The maximum absolute atomic E-state index is 5.52. The number of rotatable bonds is 0. The van der Waals surface area contributed by atoms with Crippen molar-refractivity contribution >= 4 is 76.2 Å². The van der Waals surface area contributed by atoms with Gasteiger partial charge in [-0.05, 0) is 187 Å². The molecule has 8 aliphatic carbocycles. The maximum Gasteiger partial charge on any atom is 0.0728 e. The molecule has 8 bridgehead atoms. The molecule has 0 spiro atoms. The van der Waals surface area contributed by atoms with Crippen molar-refractivity contribution in [1.29, 1.82) is 0 Å². The molecule has 5 heterocycles. The predicted octanol–water partition coefficient (Wildman–Crippen LogP) is 14.8. The van der Waals surface area contributed by atoms with Crippen LogP contribution in [0.15, 0.2) is 54.7 Å². The molecule has 0 radical (unpaired) electrons. The summed E-state index contributed by atoms with van der Waals surface area (Å²) in [5, 5.41) is 11.8. The zero-order valence-corrected chi connectivity index (χ0v) is 35.2. The van der Waals surface area contributed by atoms with Crippen LogP contribution in [0.5, 0.6) is 0 Å². The van der Waals surface area contributed by atoms with E-state index in [2.05, 4.69) is 105 Å². The van der Waals surface area contributed by atoms with Gasteiger partial charge in [-0.3, -0.25) is 4.98 Å². The van der Waals surface area contributed by atoms with E-state index in [0.717, 1.165) is 29.6 Å². The fourth-order valence-electron chi connectivity index (χ4n) is 15.8. The van der Waals surface area contributed by atoms with Crippen molar-refractivity contribution in [3.63, 3.8) is 0 Å². The molecule has 4 saturated carbocycles. The molecule has 3 heteroatoms. The summed E-state index contributed by atoms with van der Waals surface area (Å²) in [4.78, 5) is 5.52. The summed E-state index contributed by atoms with van der Waals surface area (Å²) in [5.74, 6) is 6.33. The molecule has 8 aliphatic rings. The van der Waals surface area contributed by atoms with Crippen LogP contribution in [0.1, 0.15) is 163 Å². The van der Waals surface area contributed by atoms with Gasteiger partial charge in [0.2, 0.25) is 0 Å². The van der Waals surface area contributed by atoms with Gasteiger partial charge < -0.3 is 8.80 Å². The topological polar surface area (TPSA) is 21.7 Å². The molecule has 4 fully saturated rings. The van der Waals surface area contributed by atoms with Crippen molar-refractivity contribution in [2.75, 3.05) is 0 Å². The Balaban J connectivity index is 1.10. The van der Waals surface area contributed by atoms with E-state index in [1.165, 1.54) is 152 Å². The Kier molecular flexibility index (Phi) is 5.68. The summed E-state index contributed by atoms with van der Waals surface area (Å²) in [6.45, 7) is 14.5. The molecule has 0 saturated heterocycles. The van der Waals surface area contributed by atoms with E-state index in [0.29, 0.717) is 17.8 Å². The van der Waals surface area contributed by atoms with E-state index in [-0.39, 0.29) is 10.8 Å². The third-order valence-electron chi connectivity index (χ3n) is 17.9. The summed E-state index contributed by atoms with van der Waals surface area (Å²) < 4.78 is 5.40. The number of hydrogen-bond donors (Lipinski definition) is 0. The summed E-state index contributed by atoms with van der Waals surface area (Å²) in [6, 6.07) is 20.8. The second kappa shape index (κ2) is 10.1. The Morgan fingerprint density at radius 2 is 0.914 bits per heavy atom. The van der Waals surface area contributed by atoms with E-state index in [1.807, 2.05) is 0 Å². The van der Waals surface area contributed by atoms with Crippen molar-refractivity contribution in [1.82, 2.24) is 13.8 Å². The normalized spacial score (nSPS) is 29.2. The van der Waals surface area contributed by atoms with Gasteiger partial charge in [-0.25, -0.2) is 0 Å². The maximum atomic E-state index is 5.52. The molecule has 3 nitrogen and oxygen atoms in total. The SMILES string of the molecule is CC(C)(C)c1cc2c3cc4c(cc3n3c5ccc6c(c5c(c1)c23)C1CC2CC(CC6C2)C1)c1cc(C(C)(C)C)cc2c3c5c(ncc3n4c12)C1CC2CC(C1)CC5C2. The first kappa shape index (κ1) is 32.5. The van der Waals surface area contributed by atoms with E-state index in [9.17, 15) is 0 Å². The van der Waals surface area contributed by atoms with Gasteiger partial charge in [-0.1, -0.05) is 47.6 Å². The molecular formula is C55H55N3. The molecule has 0 N–H and O–H groups in total. The second-order valence-electron chi connectivity index (χ2n) is 23.3. The van der Waals surface area contributed by atoms with Crippen LogP contribution in [0.3, 0.4) is 0 Å². The van der Waals surface area contributed by atoms with Crippen molar-refractivity contribution in [3.8, 4) is 0 Å². The molecule has 0 aliphatic heterocycles. The summed E-state index contributed by atoms with van der Waals surface area (Å²) in [7, 11) is 0. The molecule has 4 unspecified atom stereocenters. The number of nitrogens with zero attached hydrogens (tertiary/aromatic N) is 3. The lowest BCUT2D eigenvalue weighted by Gasteiger charge is -2.38. The van der Waals surface area contributed by atoms with Crippen LogP contribution in [0.2, 0.25) is 0 Å². The zero-order valence-electron chi connectivity index (χ0n) is 35.2. The lowest BCUT2D eigenvalue weighted by atomic mass is 9.67. The highest BCUT2D eigenvalue weighted by Gasteiger charge is 2.45. The molecule has 58 heavy (non-hydrogen) atoms. The molecule has 4 aromatic carbocycles. The lowest BCUT2D eigenvalue weighted by Crippen LogP contribution is -2.25. The summed E-state index contributed by atoms with van der Waals surface area (Å²) >= 11 is 0. The Hall–Kier alpha value is -4.37. The van der Waals surface area contributed by atoms with Crippen LogP contribution in [0, 0.1) is 23.7 Å². The van der Waals surface area contributed by atoms with Gasteiger partial charge in [-0.2, -0.15) is 0 Å². The van der Waals surface area contributed by atoms with Gasteiger partial charge in [0.05, 0.1) is 39.3 Å². The Labute approximate surface area is 340 Å². The first-order chi connectivity index (χ1) is 27.9. The van der Waals surface area contributed by atoms with Gasteiger partial charge in [-0.15, -0.1) is 0 Å². The highest BCUT2D eigenvalue weighted by atomic mass is 14.9. The molecule has 5 aromatic heterocycles. The van der Waals surface area contributed by atoms with Crippen LogP contribution in [-0.4, -0.2) is 13.8 Å². The van der Waals surface area contributed by atoms with E-state index in [1.54, 1.807) is 22.1 Å². The van der Waals surface area contributed by atoms with Gasteiger partial charge in [0, 0.05) is 54.7 Å². The standard InChI is InChI=1S/C55H55N3/c1-54(2,3)34-19-39-37-24-45-38(23-44(37)57-43-8-7-36-30-11-26-9-27(12-30)14-31(13-26)47(36)49(43)41(21-34)52(39)57)40-20-35(55(4,5)6)22-42-50-46(58(45)53(40)42)25-56-51-33-17-28-10-29(18-33)16-32(15-28)48(50)51/h7-8,19-33H,9-18H2,1-6H3. The smallest absolute Gasteiger partial charge is 0.0728 e. The second-order valence-corrected chi connectivity index (χ2v) is 23.3. The van der Waals surface area contributed by atoms with Crippen LogP contribution in [0.4, 0.5) is 0 Å². The van der Waals surface area contributed by atoms with E-state index < -0.39 is 0 Å². The fraction of sp³-hybridized carbons (Fsp3) is 0.473. The minimum Gasteiger partial charge on any atom is -0.308 e. The van der Waals surface area contributed by atoms with Crippen LogP contribution >= 0.6 is 0 Å². The number of pyridine rings is 1. The third-order valence-corrected chi connectivity index (χ3v) is 17.9. The first-order valence-corrected chi connectivity index (χ1v) is 23.3. The predicted molar refractivity (Wildman–Crippen MR) is 242 cm³/mol. The monoisotopic (exact) mass is 757 g/mol. The third kappa shape index (κ3) is 3.84. The van der Waals surface area contributed by atoms with Crippen molar-refractivity contribution in [2.24, 2.45) is 23.7 Å². The van der Waals surface area contributed by atoms with Gasteiger partial charge in [0.15, 0.2) is 0 Å². The van der Waals surface area contributed by atoms with Crippen molar-refractivity contribution in [3.05, 3.63) is 88.2 Å². The van der Waals surface area contributed by atoms with E-state index >= 15 is 0 Å². The molecule has 290 valence electrons. The minimum atomic E-state index is 0.0407. The number of fused-ring (bicyclic) bond motifs is 12. The van der Waals surface area contributed by atoms with Crippen molar-refractivity contribution in [2.45, 2.75) is 140 Å². The molecule has 9 aromatic rings. The number of benzene rings is 4. The zero-order chi connectivity index (χ0) is 38.5. The first-order valence-electron chi connectivity index (χ1n) is 23.3. The fourth-order valence-corrected chi connectivity index (χ4v) is 15.8.